The van der Waals surface area contributed by atoms with E-state index < -0.39 is 6.36 Å². The Hall–Kier alpha value is -3.00. The van der Waals surface area contributed by atoms with Crippen molar-refractivity contribution in [2.24, 2.45) is 0 Å². The van der Waals surface area contributed by atoms with Gasteiger partial charge in [0, 0.05) is 32.0 Å². The maximum absolute atomic E-state index is 12.4. The lowest BCUT2D eigenvalue weighted by Gasteiger charge is -2.17. The van der Waals surface area contributed by atoms with Crippen molar-refractivity contribution in [2.75, 3.05) is 7.05 Å². The smallest absolute Gasteiger partial charge is 0.441 e. The van der Waals surface area contributed by atoms with Gasteiger partial charge in [0.05, 0.1) is 11.2 Å². The van der Waals surface area contributed by atoms with Gasteiger partial charge in [0.2, 0.25) is 5.91 Å². The van der Waals surface area contributed by atoms with Crippen LogP contribution in [0, 0.1) is 0 Å². The second kappa shape index (κ2) is 9.21. The van der Waals surface area contributed by atoms with Crippen LogP contribution in [0.3, 0.4) is 0 Å². The van der Waals surface area contributed by atoms with E-state index >= 15 is 0 Å². The quantitative estimate of drug-likeness (QED) is 0.490. The van der Waals surface area contributed by atoms with Crippen molar-refractivity contribution in [1.82, 2.24) is 9.88 Å². The van der Waals surface area contributed by atoms with Gasteiger partial charge in [-0.3, -0.25) is 4.79 Å². The number of hydrogen-bond donors (Lipinski definition) is 0. The summed E-state index contributed by atoms with van der Waals surface area (Å²) in [4.78, 5) is 18.0. The molecular formula is C21H18ClF3N2O3. The van der Waals surface area contributed by atoms with Crippen molar-refractivity contribution >= 4 is 17.5 Å². The van der Waals surface area contributed by atoms with E-state index in [1.165, 1.54) is 29.2 Å². The summed E-state index contributed by atoms with van der Waals surface area (Å²) in [6.07, 6.45) is -2.69. The molecule has 0 saturated carbocycles. The van der Waals surface area contributed by atoms with Crippen LogP contribution < -0.4 is 4.74 Å². The molecule has 3 rings (SSSR count). The summed E-state index contributed by atoms with van der Waals surface area (Å²) < 4.78 is 46.1. The molecule has 0 aliphatic rings. The second-order valence-electron chi connectivity index (χ2n) is 6.54. The van der Waals surface area contributed by atoms with Gasteiger partial charge < -0.3 is 14.1 Å². The molecule has 0 aliphatic heterocycles. The first kappa shape index (κ1) is 21.7. The van der Waals surface area contributed by atoms with Crippen LogP contribution in [0.15, 0.2) is 59.1 Å². The Bertz CT molecular complexity index is 1000. The molecule has 0 saturated heterocycles. The van der Waals surface area contributed by atoms with Crippen molar-refractivity contribution in [3.8, 4) is 17.1 Å². The molecule has 0 aliphatic carbocycles. The van der Waals surface area contributed by atoms with Gasteiger partial charge >= 0.3 is 6.36 Å². The van der Waals surface area contributed by atoms with E-state index in [2.05, 4.69) is 9.72 Å². The van der Waals surface area contributed by atoms with E-state index in [0.717, 1.165) is 5.56 Å². The predicted molar refractivity (Wildman–Crippen MR) is 105 cm³/mol. The van der Waals surface area contributed by atoms with Gasteiger partial charge in [0.1, 0.15) is 5.75 Å². The fraction of sp³-hybridized carbons (Fsp3) is 0.238. The van der Waals surface area contributed by atoms with E-state index in [0.29, 0.717) is 28.7 Å². The number of amides is 1. The molecule has 5 nitrogen and oxygen atoms in total. The number of benzene rings is 2. The SMILES string of the molecule is CN(Cc1ccc(OC(F)(F)F)cc1)C(=O)CCc1ncc(-c2ccccc2Cl)o1. The summed E-state index contributed by atoms with van der Waals surface area (Å²) in [6.45, 7) is 0.252. The Kier molecular flexibility index (Phi) is 6.66. The molecule has 1 heterocycles. The van der Waals surface area contributed by atoms with Gasteiger partial charge in [0.25, 0.3) is 0 Å². The van der Waals surface area contributed by atoms with Crippen molar-refractivity contribution in [3.63, 3.8) is 0 Å². The van der Waals surface area contributed by atoms with Gasteiger partial charge in [-0.15, -0.1) is 13.2 Å². The summed E-state index contributed by atoms with van der Waals surface area (Å²) in [7, 11) is 1.62. The lowest BCUT2D eigenvalue weighted by atomic mass is 10.2. The lowest BCUT2D eigenvalue weighted by molar-refractivity contribution is -0.274. The lowest BCUT2D eigenvalue weighted by Crippen LogP contribution is -2.26. The Balaban J connectivity index is 1.52. The average molecular weight is 439 g/mol. The number of carbonyl (C=O) groups is 1. The number of hydrogen-bond acceptors (Lipinski definition) is 4. The van der Waals surface area contributed by atoms with Crippen LogP contribution in [0.2, 0.25) is 5.02 Å². The molecule has 9 heteroatoms. The summed E-state index contributed by atoms with van der Waals surface area (Å²) in [5.74, 6) is 0.486. The number of aromatic nitrogens is 1. The molecule has 1 aromatic heterocycles. The molecule has 0 atom stereocenters. The molecule has 158 valence electrons. The summed E-state index contributed by atoms with van der Waals surface area (Å²) in [5, 5.41) is 0.544. The first-order valence-electron chi connectivity index (χ1n) is 8.99. The zero-order valence-corrected chi connectivity index (χ0v) is 16.7. The molecule has 1 amide bonds. The second-order valence-corrected chi connectivity index (χ2v) is 6.95. The number of halogens is 4. The minimum absolute atomic E-state index is 0.150. The summed E-state index contributed by atoms with van der Waals surface area (Å²) in [6, 6.07) is 12.6. The highest BCUT2D eigenvalue weighted by atomic mass is 35.5. The van der Waals surface area contributed by atoms with Crippen molar-refractivity contribution in [2.45, 2.75) is 25.7 Å². The van der Waals surface area contributed by atoms with E-state index in [1.807, 2.05) is 18.2 Å². The zero-order chi connectivity index (χ0) is 21.7. The molecule has 0 radical (unpaired) electrons. The highest BCUT2D eigenvalue weighted by Gasteiger charge is 2.31. The molecule has 0 bridgehead atoms. The van der Waals surface area contributed by atoms with E-state index in [4.69, 9.17) is 16.0 Å². The summed E-state index contributed by atoms with van der Waals surface area (Å²) >= 11 is 6.14. The first-order chi connectivity index (χ1) is 14.2. The minimum Gasteiger partial charge on any atom is -0.441 e. The van der Waals surface area contributed by atoms with Crippen LogP contribution in [0.25, 0.3) is 11.3 Å². The number of oxazole rings is 1. The summed E-state index contributed by atoms with van der Waals surface area (Å²) in [5.41, 5.74) is 1.40. The largest absolute Gasteiger partial charge is 0.573 e. The van der Waals surface area contributed by atoms with Crippen LogP contribution in [-0.4, -0.2) is 29.2 Å². The normalized spacial score (nSPS) is 11.4. The Morgan fingerprint density at radius 3 is 2.53 bits per heavy atom. The third-order valence-corrected chi connectivity index (χ3v) is 4.58. The van der Waals surface area contributed by atoms with Gasteiger partial charge in [-0.05, 0) is 29.8 Å². The standard InChI is InChI=1S/C21H18ClF3N2O3/c1-27(13-14-6-8-15(9-7-14)30-21(23,24)25)20(28)11-10-19-26-12-18(29-19)16-4-2-3-5-17(16)22/h2-9,12H,10-11,13H2,1H3. The average Bonchev–Trinajstić information content (AvgIpc) is 3.15. The number of alkyl halides is 3. The molecule has 30 heavy (non-hydrogen) atoms. The van der Waals surface area contributed by atoms with Gasteiger partial charge in [-0.1, -0.05) is 35.9 Å². The van der Waals surface area contributed by atoms with Crippen molar-refractivity contribution in [1.29, 1.82) is 0 Å². The maximum atomic E-state index is 12.4. The topological polar surface area (TPSA) is 55.6 Å². The number of carbonyl (C=O) groups excluding carboxylic acids is 1. The van der Waals surface area contributed by atoms with E-state index in [1.54, 1.807) is 19.3 Å². The minimum atomic E-state index is -4.74. The number of aryl methyl sites for hydroxylation is 1. The van der Waals surface area contributed by atoms with Gasteiger partial charge in [-0.2, -0.15) is 0 Å². The van der Waals surface area contributed by atoms with Gasteiger partial charge in [0.15, 0.2) is 11.7 Å². The molecule has 2 aromatic carbocycles. The fourth-order valence-corrected chi connectivity index (χ4v) is 3.00. The molecular weight excluding hydrogens is 421 g/mol. The van der Waals surface area contributed by atoms with Crippen LogP contribution in [-0.2, 0) is 17.8 Å². The fourth-order valence-electron chi connectivity index (χ4n) is 2.77. The predicted octanol–water partition coefficient (Wildman–Crippen LogP) is 5.48. The van der Waals surface area contributed by atoms with E-state index in [-0.39, 0.29) is 24.6 Å². The van der Waals surface area contributed by atoms with Gasteiger partial charge in [-0.25, -0.2) is 4.98 Å². The monoisotopic (exact) mass is 438 g/mol. The molecule has 0 unspecified atom stereocenters. The Morgan fingerprint density at radius 2 is 1.87 bits per heavy atom. The molecule has 0 fully saturated rings. The van der Waals surface area contributed by atoms with Crippen LogP contribution >= 0.6 is 11.6 Å². The first-order valence-corrected chi connectivity index (χ1v) is 9.37. The highest BCUT2D eigenvalue weighted by Crippen LogP contribution is 2.28. The number of nitrogens with zero attached hydrogens (tertiary/aromatic N) is 2. The van der Waals surface area contributed by atoms with Crippen LogP contribution in [0.5, 0.6) is 5.75 Å². The number of rotatable bonds is 7. The highest BCUT2D eigenvalue weighted by molar-refractivity contribution is 6.33. The molecule has 0 N–H and O–H groups in total. The van der Waals surface area contributed by atoms with Crippen molar-refractivity contribution in [3.05, 3.63) is 71.2 Å². The Labute approximate surface area is 176 Å². The van der Waals surface area contributed by atoms with Crippen LogP contribution in [0.4, 0.5) is 13.2 Å². The number of ether oxygens (including phenoxy) is 1. The van der Waals surface area contributed by atoms with E-state index in [9.17, 15) is 18.0 Å². The third kappa shape index (κ3) is 6.00. The van der Waals surface area contributed by atoms with Crippen LogP contribution in [0.1, 0.15) is 17.9 Å². The maximum Gasteiger partial charge on any atom is 0.573 e. The zero-order valence-electron chi connectivity index (χ0n) is 15.9. The van der Waals surface area contributed by atoms with Crippen molar-refractivity contribution < 1.29 is 27.1 Å². The molecule has 0 spiro atoms. The molecule has 3 aromatic rings. The Morgan fingerprint density at radius 1 is 1.17 bits per heavy atom. The third-order valence-electron chi connectivity index (χ3n) is 4.25.